The van der Waals surface area contributed by atoms with E-state index in [9.17, 15) is 54.2 Å². The number of anilines is 2. The standard InChI is InChI=1S/C31H30F9N5O5.Na/c32-29(33,34)22-2-1-20(3-5-41-28(48)50-8-4-26(46)47)21(13-22)18-45(27-42-15-25(16-43-27)44-6-9-49-10-7-44)17-19-11-23(30(35,36)37)14-24(12-19)31(38,39)40;/h1-2,11-16H,3-10,17-18H2,(H,41,48)(H,46,47);/q;+1/p-1. The number of amides is 1. The summed E-state index contributed by atoms with van der Waals surface area (Å²) in [7, 11) is 0. The third-order valence-electron chi connectivity index (χ3n) is 7.40. The van der Waals surface area contributed by atoms with E-state index in [-0.39, 0.29) is 65.7 Å². The number of carboxylic acid groups (broad SMARTS) is 1. The van der Waals surface area contributed by atoms with Crippen LogP contribution in [0.15, 0.2) is 48.8 Å². The van der Waals surface area contributed by atoms with Gasteiger partial charge in [0.1, 0.15) is 0 Å². The van der Waals surface area contributed by atoms with E-state index in [1.807, 2.05) is 4.90 Å². The number of alkyl carbamates (subject to hydrolysis) is 1. The van der Waals surface area contributed by atoms with Crippen LogP contribution in [-0.2, 0) is 52.3 Å². The SMILES string of the molecule is O=C([O-])CCOC(=O)NCCc1ccc(C(F)(F)F)cc1CN(Cc1cc(C(F)(F)F)cc(C(F)(F)F)c1)c1ncc(N2CCOCC2)cn1.[Na+]. The smallest absolute Gasteiger partial charge is 0.550 e. The Morgan fingerprint density at radius 2 is 1.43 bits per heavy atom. The molecule has 1 saturated heterocycles. The Hall–Kier alpha value is -3.81. The summed E-state index contributed by atoms with van der Waals surface area (Å²) in [6, 6.07) is 3.64. The molecule has 1 amide bonds. The number of aromatic nitrogens is 2. The van der Waals surface area contributed by atoms with Gasteiger partial charge in [0, 0.05) is 45.1 Å². The molecule has 0 atom stereocenters. The van der Waals surface area contributed by atoms with E-state index in [0.29, 0.717) is 44.1 Å². The number of alkyl halides is 9. The number of ether oxygens (including phenoxy) is 2. The molecule has 51 heavy (non-hydrogen) atoms. The molecule has 4 rings (SSSR count). The molecular formula is C31H29F9N5NaO5. The van der Waals surface area contributed by atoms with Crippen LogP contribution in [0.1, 0.15) is 39.8 Å². The summed E-state index contributed by atoms with van der Waals surface area (Å²) in [6.45, 7) is -0.0796. The van der Waals surface area contributed by atoms with Crippen molar-refractivity contribution in [1.82, 2.24) is 15.3 Å². The van der Waals surface area contributed by atoms with E-state index in [2.05, 4.69) is 20.0 Å². The number of halogens is 9. The molecule has 20 heteroatoms. The van der Waals surface area contributed by atoms with Gasteiger partial charge in [0.2, 0.25) is 5.95 Å². The first-order chi connectivity index (χ1) is 23.4. The van der Waals surface area contributed by atoms with Crippen molar-refractivity contribution in [2.24, 2.45) is 0 Å². The van der Waals surface area contributed by atoms with Crippen LogP contribution in [0.3, 0.4) is 0 Å². The van der Waals surface area contributed by atoms with Gasteiger partial charge < -0.3 is 34.5 Å². The van der Waals surface area contributed by atoms with E-state index in [4.69, 9.17) is 4.74 Å². The Kier molecular flexibility index (Phi) is 14.4. The average molecular weight is 746 g/mol. The van der Waals surface area contributed by atoms with Crippen molar-refractivity contribution >= 4 is 23.7 Å². The summed E-state index contributed by atoms with van der Waals surface area (Å²) in [6.07, 6.45) is -14.1. The van der Waals surface area contributed by atoms with E-state index in [1.165, 1.54) is 12.4 Å². The molecular weight excluding hydrogens is 716 g/mol. The Morgan fingerprint density at radius 3 is 1.98 bits per heavy atom. The maximum atomic E-state index is 13.8. The van der Waals surface area contributed by atoms with Crippen LogP contribution in [0.5, 0.6) is 0 Å². The van der Waals surface area contributed by atoms with Crippen LogP contribution >= 0.6 is 0 Å². The molecule has 0 bridgehead atoms. The van der Waals surface area contributed by atoms with Crippen LogP contribution < -0.4 is 49.8 Å². The number of nitrogens with zero attached hydrogens (tertiary/aromatic N) is 4. The van der Waals surface area contributed by atoms with Gasteiger partial charge in [-0.3, -0.25) is 0 Å². The van der Waals surface area contributed by atoms with Crippen LogP contribution in [0.25, 0.3) is 0 Å². The number of morpholine rings is 1. The van der Waals surface area contributed by atoms with Crippen LogP contribution in [0, 0.1) is 0 Å². The monoisotopic (exact) mass is 745 g/mol. The number of aliphatic carboxylic acids is 1. The van der Waals surface area contributed by atoms with Crippen molar-refractivity contribution in [2.75, 3.05) is 49.3 Å². The number of benzene rings is 2. The van der Waals surface area contributed by atoms with Gasteiger partial charge in [0.25, 0.3) is 0 Å². The second kappa shape index (κ2) is 17.6. The molecule has 1 N–H and O–H groups in total. The number of rotatable bonds is 12. The van der Waals surface area contributed by atoms with Gasteiger partial charge in [0.15, 0.2) is 0 Å². The Balaban J connectivity index is 0.00000702. The van der Waals surface area contributed by atoms with Crippen LogP contribution in [0.4, 0.5) is 55.9 Å². The Morgan fingerprint density at radius 1 is 0.843 bits per heavy atom. The molecule has 1 fully saturated rings. The summed E-state index contributed by atoms with van der Waals surface area (Å²) in [5.41, 5.74) is -4.01. The molecule has 0 radical (unpaired) electrons. The summed E-state index contributed by atoms with van der Waals surface area (Å²) in [4.78, 5) is 33.9. The quantitative estimate of drug-likeness (QED) is 0.220. The summed E-state index contributed by atoms with van der Waals surface area (Å²) in [5.74, 6) is -1.66. The van der Waals surface area contributed by atoms with Gasteiger partial charge in [-0.05, 0) is 53.4 Å². The van der Waals surface area contributed by atoms with E-state index in [1.54, 1.807) is 0 Å². The molecule has 1 aliphatic heterocycles. The Labute approximate surface area is 307 Å². The third-order valence-corrected chi connectivity index (χ3v) is 7.40. The summed E-state index contributed by atoms with van der Waals surface area (Å²) >= 11 is 0. The van der Waals surface area contributed by atoms with Crippen LogP contribution in [0.2, 0.25) is 0 Å². The zero-order valence-electron chi connectivity index (χ0n) is 26.9. The molecule has 3 aromatic rings. The molecule has 272 valence electrons. The average Bonchev–Trinajstić information content (AvgIpc) is 3.04. The first-order valence-electron chi connectivity index (χ1n) is 14.9. The number of carbonyl (C=O) groups excluding carboxylic acids is 2. The van der Waals surface area contributed by atoms with E-state index < -0.39 is 79.0 Å². The number of carboxylic acids is 1. The molecule has 2 aromatic carbocycles. The zero-order chi connectivity index (χ0) is 36.7. The molecule has 2 heterocycles. The third kappa shape index (κ3) is 12.4. The maximum absolute atomic E-state index is 13.8. The first kappa shape index (κ1) is 41.6. The normalized spacial score (nSPS) is 13.7. The fraction of sp³-hybridized carbons (Fsp3) is 0.419. The number of hydrogen-bond donors (Lipinski definition) is 1. The molecule has 0 spiro atoms. The molecule has 1 aromatic heterocycles. The van der Waals surface area contributed by atoms with Gasteiger partial charge in [-0.15, -0.1) is 0 Å². The predicted octanol–water partition coefficient (Wildman–Crippen LogP) is 1.99. The second-order valence-electron chi connectivity index (χ2n) is 11.0. The summed E-state index contributed by atoms with van der Waals surface area (Å²) < 4.78 is 133. The van der Waals surface area contributed by atoms with Crippen molar-refractivity contribution in [3.8, 4) is 0 Å². The van der Waals surface area contributed by atoms with Crippen LogP contribution in [-0.4, -0.2) is 61.5 Å². The number of carbonyl (C=O) groups is 2. The first-order valence-corrected chi connectivity index (χ1v) is 14.9. The van der Waals surface area contributed by atoms with Crippen molar-refractivity contribution in [2.45, 2.75) is 44.5 Å². The van der Waals surface area contributed by atoms with Gasteiger partial charge in [-0.2, -0.15) is 39.5 Å². The maximum Gasteiger partial charge on any atom is 1.00 e. The van der Waals surface area contributed by atoms with Gasteiger partial charge in [0.05, 0.1) is 54.6 Å². The largest absolute Gasteiger partial charge is 1.00 e. The summed E-state index contributed by atoms with van der Waals surface area (Å²) in [5, 5.41) is 12.8. The molecule has 10 nitrogen and oxygen atoms in total. The van der Waals surface area contributed by atoms with Gasteiger partial charge in [-0.1, -0.05) is 6.07 Å². The number of hydrogen-bond acceptors (Lipinski definition) is 9. The molecule has 0 saturated carbocycles. The number of nitrogens with one attached hydrogen (secondary N) is 1. The fourth-order valence-electron chi connectivity index (χ4n) is 4.97. The minimum absolute atomic E-state index is 0. The minimum atomic E-state index is -5.15. The topological polar surface area (TPSA) is 120 Å². The Bertz CT molecular complexity index is 1600. The fourth-order valence-corrected chi connectivity index (χ4v) is 4.97. The second-order valence-corrected chi connectivity index (χ2v) is 11.0. The predicted molar refractivity (Wildman–Crippen MR) is 156 cm³/mol. The molecule has 1 aliphatic rings. The van der Waals surface area contributed by atoms with Gasteiger partial charge in [-0.25, -0.2) is 14.8 Å². The molecule has 0 aliphatic carbocycles. The van der Waals surface area contributed by atoms with Crippen molar-refractivity contribution in [1.29, 1.82) is 0 Å². The van der Waals surface area contributed by atoms with Crippen molar-refractivity contribution in [3.05, 3.63) is 82.2 Å². The van der Waals surface area contributed by atoms with E-state index >= 15 is 0 Å². The van der Waals surface area contributed by atoms with Crippen molar-refractivity contribution < 1.29 is 93.2 Å². The minimum Gasteiger partial charge on any atom is -0.550 e. The van der Waals surface area contributed by atoms with Gasteiger partial charge >= 0.3 is 54.2 Å². The zero-order valence-corrected chi connectivity index (χ0v) is 28.9. The van der Waals surface area contributed by atoms with E-state index in [0.717, 1.165) is 23.1 Å². The van der Waals surface area contributed by atoms with Crippen molar-refractivity contribution in [3.63, 3.8) is 0 Å². The molecule has 0 unspecified atom stereocenters.